The number of H-pyrrole nitrogens is 1. The van der Waals surface area contributed by atoms with Gasteiger partial charge in [0.25, 0.3) is 0 Å². The first-order valence-corrected chi connectivity index (χ1v) is 9.90. The summed E-state index contributed by atoms with van der Waals surface area (Å²) in [4.78, 5) is 77.4. The van der Waals surface area contributed by atoms with Gasteiger partial charge in [0.1, 0.15) is 18.1 Å². The Morgan fingerprint density at radius 3 is 1.94 bits per heavy atom. The highest BCUT2D eigenvalue weighted by atomic mass is 16.4. The third-order valence-electron chi connectivity index (χ3n) is 4.42. The van der Waals surface area contributed by atoms with Crippen molar-refractivity contribution in [1.29, 1.82) is 0 Å². The Morgan fingerprint density at radius 1 is 0.909 bits per heavy atom. The Labute approximate surface area is 188 Å². The van der Waals surface area contributed by atoms with Crippen molar-refractivity contribution in [2.24, 2.45) is 17.2 Å². The number of carboxylic acid groups (broad SMARTS) is 1. The molecule has 0 aliphatic carbocycles. The van der Waals surface area contributed by atoms with Crippen LogP contribution in [0.3, 0.4) is 0 Å². The minimum absolute atomic E-state index is 0.104. The van der Waals surface area contributed by atoms with Crippen molar-refractivity contribution in [2.75, 3.05) is 6.54 Å². The number of primary amides is 2. The second-order valence-electron chi connectivity index (χ2n) is 7.08. The van der Waals surface area contributed by atoms with Crippen molar-refractivity contribution in [1.82, 2.24) is 25.9 Å². The smallest absolute Gasteiger partial charge is 0.326 e. The van der Waals surface area contributed by atoms with Gasteiger partial charge in [-0.05, 0) is 12.8 Å². The fourth-order valence-electron chi connectivity index (χ4n) is 2.72. The van der Waals surface area contributed by atoms with E-state index in [9.17, 15) is 33.9 Å². The molecule has 0 aliphatic heterocycles. The number of aliphatic carboxylic acids is 1. The molecule has 0 radical (unpaired) electrons. The van der Waals surface area contributed by atoms with Gasteiger partial charge < -0.3 is 43.2 Å². The fraction of sp³-hybridized carbons (Fsp3) is 0.500. The number of carbonyl (C=O) groups is 6. The van der Waals surface area contributed by atoms with Crippen LogP contribution in [0.25, 0.3) is 0 Å². The number of nitrogens with zero attached hydrogens (tertiary/aromatic N) is 1. The number of aromatic amines is 1. The van der Waals surface area contributed by atoms with Gasteiger partial charge in [-0.25, -0.2) is 9.78 Å². The summed E-state index contributed by atoms with van der Waals surface area (Å²) >= 11 is 0. The number of hydrogen-bond acceptors (Lipinski definition) is 8. The fourth-order valence-corrected chi connectivity index (χ4v) is 2.72. The Kier molecular flexibility index (Phi) is 11.0. The van der Waals surface area contributed by atoms with Crippen LogP contribution in [0.15, 0.2) is 12.5 Å². The maximum atomic E-state index is 12.8. The number of carboxylic acids is 1. The van der Waals surface area contributed by atoms with Crippen molar-refractivity contribution in [3.63, 3.8) is 0 Å². The van der Waals surface area contributed by atoms with E-state index >= 15 is 0 Å². The van der Waals surface area contributed by atoms with Crippen LogP contribution in [0.4, 0.5) is 0 Å². The molecule has 0 fully saturated rings. The molecule has 1 aromatic rings. The quantitative estimate of drug-likeness (QED) is 0.124. The van der Waals surface area contributed by atoms with Crippen molar-refractivity contribution < 1.29 is 33.9 Å². The number of nitrogens with one attached hydrogen (secondary N) is 4. The lowest BCUT2D eigenvalue weighted by Crippen LogP contribution is -2.57. The zero-order valence-corrected chi connectivity index (χ0v) is 17.7. The van der Waals surface area contributed by atoms with E-state index < -0.39 is 60.2 Å². The highest BCUT2D eigenvalue weighted by molar-refractivity contribution is 5.94. The lowest BCUT2D eigenvalue weighted by molar-refractivity contribution is -0.142. The van der Waals surface area contributed by atoms with E-state index in [1.54, 1.807) is 0 Å². The van der Waals surface area contributed by atoms with E-state index in [-0.39, 0.29) is 32.1 Å². The van der Waals surface area contributed by atoms with Crippen LogP contribution in [0, 0.1) is 0 Å². The Balaban J connectivity index is 3.02. The highest BCUT2D eigenvalue weighted by Crippen LogP contribution is 2.05. The van der Waals surface area contributed by atoms with Gasteiger partial charge in [0, 0.05) is 31.2 Å². The summed E-state index contributed by atoms with van der Waals surface area (Å²) in [5.74, 6) is -5.21. The largest absolute Gasteiger partial charge is 0.480 e. The standard InChI is InChI=1S/C18H28N8O7/c19-6-15(29)24-10(1-3-13(20)27)16(30)26-12(5-9-7-22-8-23-9)17(31)25-11(18(32)33)2-4-14(21)28/h7-8,10-12H,1-6,19H2,(H2,20,27)(H2,21,28)(H,22,23)(H,24,29)(H,25,31)(H,26,30)(H,32,33). The molecular formula is C18H28N8O7. The zero-order valence-electron chi connectivity index (χ0n) is 17.7. The Morgan fingerprint density at radius 2 is 1.45 bits per heavy atom. The van der Waals surface area contributed by atoms with Crippen molar-refractivity contribution in [3.8, 4) is 0 Å². The van der Waals surface area contributed by atoms with Crippen molar-refractivity contribution in [2.45, 2.75) is 50.2 Å². The molecule has 5 amide bonds. The monoisotopic (exact) mass is 468 g/mol. The number of imidazole rings is 1. The van der Waals surface area contributed by atoms with E-state index in [0.717, 1.165) is 0 Å². The molecule has 0 aromatic carbocycles. The summed E-state index contributed by atoms with van der Waals surface area (Å²) in [5.41, 5.74) is 15.8. The maximum absolute atomic E-state index is 12.8. The molecule has 3 unspecified atom stereocenters. The first-order valence-electron chi connectivity index (χ1n) is 9.90. The molecular weight excluding hydrogens is 440 g/mol. The van der Waals surface area contributed by atoms with Crippen LogP contribution in [0.5, 0.6) is 0 Å². The average Bonchev–Trinajstić information content (AvgIpc) is 3.25. The van der Waals surface area contributed by atoms with Crippen molar-refractivity contribution >= 4 is 35.5 Å². The number of aromatic nitrogens is 2. The lowest BCUT2D eigenvalue weighted by Gasteiger charge is -2.24. The van der Waals surface area contributed by atoms with Crippen molar-refractivity contribution in [3.05, 3.63) is 18.2 Å². The molecule has 182 valence electrons. The minimum atomic E-state index is -1.44. The van der Waals surface area contributed by atoms with Crippen LogP contribution >= 0.6 is 0 Å². The van der Waals surface area contributed by atoms with Gasteiger partial charge in [0.05, 0.1) is 12.9 Å². The van der Waals surface area contributed by atoms with Gasteiger partial charge in [0.15, 0.2) is 0 Å². The number of carbonyl (C=O) groups excluding carboxylic acids is 5. The van der Waals surface area contributed by atoms with Crippen LogP contribution in [0.2, 0.25) is 0 Å². The topological polar surface area (TPSA) is 265 Å². The number of hydrogen-bond donors (Lipinski definition) is 8. The molecule has 0 saturated heterocycles. The third kappa shape index (κ3) is 10.2. The van der Waals surface area contributed by atoms with Gasteiger partial charge in [-0.15, -0.1) is 0 Å². The predicted molar refractivity (Wildman–Crippen MR) is 112 cm³/mol. The molecule has 11 N–H and O–H groups in total. The van der Waals surface area contributed by atoms with E-state index in [0.29, 0.717) is 5.69 Å². The molecule has 0 spiro atoms. The molecule has 15 nitrogen and oxygen atoms in total. The summed E-state index contributed by atoms with van der Waals surface area (Å²) < 4.78 is 0. The molecule has 33 heavy (non-hydrogen) atoms. The molecule has 1 heterocycles. The predicted octanol–water partition coefficient (Wildman–Crippen LogP) is -4.02. The molecule has 3 atom stereocenters. The van der Waals surface area contributed by atoms with Gasteiger partial charge in [-0.3, -0.25) is 24.0 Å². The van der Waals surface area contributed by atoms with Crippen LogP contribution in [0.1, 0.15) is 31.4 Å². The van der Waals surface area contributed by atoms with E-state index in [1.807, 2.05) is 0 Å². The highest BCUT2D eigenvalue weighted by Gasteiger charge is 2.30. The first-order chi connectivity index (χ1) is 15.5. The van der Waals surface area contributed by atoms with E-state index in [1.165, 1.54) is 12.5 Å². The summed E-state index contributed by atoms with van der Waals surface area (Å²) in [6.07, 6.45) is 1.72. The van der Waals surface area contributed by atoms with Crippen LogP contribution < -0.4 is 33.2 Å². The second-order valence-corrected chi connectivity index (χ2v) is 7.08. The zero-order chi connectivity index (χ0) is 25.0. The molecule has 0 bridgehead atoms. The number of amides is 5. The molecule has 0 saturated carbocycles. The van der Waals surface area contributed by atoms with E-state index in [4.69, 9.17) is 17.2 Å². The van der Waals surface area contributed by atoms with Gasteiger partial charge in [0.2, 0.25) is 29.5 Å². The first kappa shape index (κ1) is 27.0. The molecule has 1 aromatic heterocycles. The Hall–Kier alpha value is -4.01. The molecule has 15 heteroatoms. The van der Waals surface area contributed by atoms with Gasteiger partial charge >= 0.3 is 5.97 Å². The summed E-state index contributed by atoms with van der Waals surface area (Å²) in [5, 5.41) is 16.3. The van der Waals surface area contributed by atoms with E-state index in [2.05, 4.69) is 25.9 Å². The summed E-state index contributed by atoms with van der Waals surface area (Å²) in [6.45, 7) is -0.418. The number of nitrogens with two attached hydrogens (primary N) is 3. The van der Waals surface area contributed by atoms with Crippen LogP contribution in [-0.4, -0.2) is 75.2 Å². The normalized spacial score (nSPS) is 13.2. The summed E-state index contributed by atoms with van der Waals surface area (Å²) in [7, 11) is 0. The average molecular weight is 468 g/mol. The summed E-state index contributed by atoms with van der Waals surface area (Å²) in [6, 6.07) is -3.95. The minimum Gasteiger partial charge on any atom is -0.480 e. The molecule has 1 rings (SSSR count). The third-order valence-corrected chi connectivity index (χ3v) is 4.42. The Bertz CT molecular complexity index is 858. The second kappa shape index (κ2) is 13.4. The SMILES string of the molecule is NCC(=O)NC(CCC(N)=O)C(=O)NC(Cc1cnc[nH]1)C(=O)NC(CCC(N)=O)C(=O)O. The van der Waals surface area contributed by atoms with Gasteiger partial charge in [-0.1, -0.05) is 0 Å². The van der Waals surface area contributed by atoms with Crippen LogP contribution in [-0.2, 0) is 35.2 Å². The lowest BCUT2D eigenvalue weighted by atomic mass is 10.1. The number of rotatable bonds is 15. The molecule has 0 aliphatic rings. The van der Waals surface area contributed by atoms with Gasteiger partial charge in [-0.2, -0.15) is 0 Å². The maximum Gasteiger partial charge on any atom is 0.326 e.